The second kappa shape index (κ2) is 7.34. The zero-order valence-corrected chi connectivity index (χ0v) is 14.3. The zero-order chi connectivity index (χ0) is 17.1. The third kappa shape index (κ3) is 3.77. The number of anilines is 1. The second-order valence-electron chi connectivity index (χ2n) is 6.46. The van der Waals surface area contributed by atoms with Gasteiger partial charge in [0.15, 0.2) is 0 Å². The van der Waals surface area contributed by atoms with Gasteiger partial charge in [-0.25, -0.2) is 0 Å². The molecule has 0 aliphatic heterocycles. The summed E-state index contributed by atoms with van der Waals surface area (Å²) in [6.45, 7) is 0. The van der Waals surface area contributed by atoms with Crippen molar-refractivity contribution in [2.24, 2.45) is 0 Å². The predicted octanol–water partition coefficient (Wildman–Crippen LogP) is 2.71. The first-order valence-electron chi connectivity index (χ1n) is 8.51. The van der Waals surface area contributed by atoms with Crippen molar-refractivity contribution in [2.75, 3.05) is 5.32 Å². The first-order chi connectivity index (χ1) is 11.5. The first kappa shape index (κ1) is 17.0. The van der Waals surface area contributed by atoms with Crippen LogP contribution >= 0.6 is 11.3 Å². The highest BCUT2D eigenvalue weighted by atomic mass is 32.1. The Morgan fingerprint density at radius 2 is 1.83 bits per heavy atom. The molecule has 0 atom stereocenters. The zero-order valence-electron chi connectivity index (χ0n) is 13.5. The molecule has 130 valence electrons. The molecule has 1 fully saturated rings. The quantitative estimate of drug-likeness (QED) is 0.735. The van der Waals surface area contributed by atoms with Gasteiger partial charge >= 0.3 is 5.97 Å². The van der Waals surface area contributed by atoms with Gasteiger partial charge in [-0.3, -0.25) is 14.4 Å². The van der Waals surface area contributed by atoms with Gasteiger partial charge in [0.1, 0.15) is 5.00 Å². The Kier molecular flexibility index (Phi) is 5.18. The number of carboxylic acids is 1. The number of rotatable bonds is 6. The SMILES string of the molecule is O=C(O)CCC(=O)Nc1sc2c(c1C(=O)NC1CCCC1)CCC2. The standard InChI is InChI=1S/C17H22N2O4S/c20-13(8-9-14(21)22)19-17-15(11-6-3-7-12(11)24-17)16(23)18-10-4-1-2-5-10/h10H,1-9H2,(H,18,23)(H,19,20)(H,21,22). The Morgan fingerprint density at radius 1 is 1.08 bits per heavy atom. The fourth-order valence-corrected chi connectivity index (χ4v) is 4.77. The summed E-state index contributed by atoms with van der Waals surface area (Å²) in [5.41, 5.74) is 1.66. The van der Waals surface area contributed by atoms with E-state index in [9.17, 15) is 14.4 Å². The van der Waals surface area contributed by atoms with Crippen LogP contribution in [-0.4, -0.2) is 28.9 Å². The minimum atomic E-state index is -1.00. The Morgan fingerprint density at radius 3 is 2.54 bits per heavy atom. The van der Waals surface area contributed by atoms with E-state index in [4.69, 9.17) is 5.11 Å². The summed E-state index contributed by atoms with van der Waals surface area (Å²) in [5.74, 6) is -1.46. The van der Waals surface area contributed by atoms with Crippen molar-refractivity contribution in [3.8, 4) is 0 Å². The highest BCUT2D eigenvalue weighted by Crippen LogP contribution is 2.39. The average molecular weight is 350 g/mol. The van der Waals surface area contributed by atoms with Crippen LogP contribution in [0.2, 0.25) is 0 Å². The third-order valence-corrected chi connectivity index (χ3v) is 5.86. The lowest BCUT2D eigenvalue weighted by Gasteiger charge is -2.14. The number of aryl methyl sites for hydroxylation is 1. The molecule has 1 aromatic rings. The van der Waals surface area contributed by atoms with Crippen LogP contribution in [0.3, 0.4) is 0 Å². The number of hydrogen-bond donors (Lipinski definition) is 3. The van der Waals surface area contributed by atoms with E-state index in [2.05, 4.69) is 10.6 Å². The molecule has 2 aliphatic carbocycles. The van der Waals surface area contributed by atoms with Crippen molar-refractivity contribution in [1.29, 1.82) is 0 Å². The number of nitrogens with one attached hydrogen (secondary N) is 2. The van der Waals surface area contributed by atoms with Gasteiger partial charge in [0, 0.05) is 17.3 Å². The summed E-state index contributed by atoms with van der Waals surface area (Å²) >= 11 is 1.46. The third-order valence-electron chi connectivity index (χ3n) is 4.66. The molecule has 1 heterocycles. The molecule has 0 bridgehead atoms. The number of amides is 2. The van der Waals surface area contributed by atoms with Crippen molar-refractivity contribution in [1.82, 2.24) is 5.32 Å². The number of thiophene rings is 1. The van der Waals surface area contributed by atoms with Crippen molar-refractivity contribution in [3.05, 3.63) is 16.0 Å². The van der Waals surface area contributed by atoms with Crippen LogP contribution in [0.4, 0.5) is 5.00 Å². The molecule has 3 rings (SSSR count). The first-order valence-corrected chi connectivity index (χ1v) is 9.33. The van der Waals surface area contributed by atoms with E-state index in [-0.39, 0.29) is 30.7 Å². The molecule has 0 aromatic carbocycles. The van der Waals surface area contributed by atoms with E-state index >= 15 is 0 Å². The van der Waals surface area contributed by atoms with Gasteiger partial charge in [-0.15, -0.1) is 11.3 Å². The van der Waals surface area contributed by atoms with Gasteiger partial charge in [0.25, 0.3) is 5.91 Å². The Balaban J connectivity index is 1.75. The predicted molar refractivity (Wildman–Crippen MR) is 91.6 cm³/mol. The van der Waals surface area contributed by atoms with Gasteiger partial charge < -0.3 is 15.7 Å². The van der Waals surface area contributed by atoms with Crippen molar-refractivity contribution in [2.45, 2.75) is 63.8 Å². The van der Waals surface area contributed by atoms with Crippen LogP contribution in [0.25, 0.3) is 0 Å². The van der Waals surface area contributed by atoms with E-state index in [0.29, 0.717) is 10.6 Å². The van der Waals surface area contributed by atoms with Gasteiger partial charge in [-0.2, -0.15) is 0 Å². The number of aliphatic carboxylic acids is 1. The van der Waals surface area contributed by atoms with Gasteiger partial charge in [0.05, 0.1) is 12.0 Å². The molecule has 6 nitrogen and oxygen atoms in total. The van der Waals surface area contributed by atoms with Crippen molar-refractivity contribution < 1.29 is 19.5 Å². The number of fused-ring (bicyclic) bond motifs is 1. The van der Waals surface area contributed by atoms with E-state index in [1.54, 1.807) is 0 Å². The number of carbonyl (C=O) groups excluding carboxylic acids is 2. The summed E-state index contributed by atoms with van der Waals surface area (Å²) in [5, 5.41) is 15.1. The summed E-state index contributed by atoms with van der Waals surface area (Å²) < 4.78 is 0. The molecule has 0 radical (unpaired) electrons. The molecule has 1 saturated carbocycles. The van der Waals surface area contributed by atoms with E-state index in [1.807, 2.05) is 0 Å². The molecule has 24 heavy (non-hydrogen) atoms. The van der Waals surface area contributed by atoms with Crippen molar-refractivity contribution >= 4 is 34.1 Å². The number of hydrogen-bond acceptors (Lipinski definition) is 4. The molecule has 2 aliphatic rings. The smallest absolute Gasteiger partial charge is 0.303 e. The maximum absolute atomic E-state index is 12.7. The minimum Gasteiger partial charge on any atom is -0.481 e. The summed E-state index contributed by atoms with van der Waals surface area (Å²) in [7, 11) is 0. The lowest BCUT2D eigenvalue weighted by atomic mass is 10.1. The summed E-state index contributed by atoms with van der Waals surface area (Å²) in [4.78, 5) is 36.5. The molecular formula is C17H22N2O4S. The monoisotopic (exact) mass is 350 g/mol. The second-order valence-corrected chi connectivity index (χ2v) is 7.56. The maximum Gasteiger partial charge on any atom is 0.303 e. The van der Waals surface area contributed by atoms with Crippen molar-refractivity contribution in [3.63, 3.8) is 0 Å². The molecule has 3 N–H and O–H groups in total. The normalized spacial score (nSPS) is 16.8. The molecule has 0 saturated heterocycles. The van der Waals surface area contributed by atoms with E-state index < -0.39 is 5.97 Å². The van der Waals surface area contributed by atoms with Crippen LogP contribution in [0.5, 0.6) is 0 Å². The average Bonchev–Trinajstić information content (AvgIpc) is 3.22. The van der Waals surface area contributed by atoms with Gasteiger partial charge in [-0.05, 0) is 37.7 Å². The lowest BCUT2D eigenvalue weighted by molar-refractivity contribution is -0.138. The number of carboxylic acid groups (broad SMARTS) is 1. The largest absolute Gasteiger partial charge is 0.481 e. The van der Waals surface area contributed by atoms with Gasteiger partial charge in [-0.1, -0.05) is 12.8 Å². The Bertz CT molecular complexity index is 662. The fraction of sp³-hybridized carbons (Fsp3) is 0.588. The fourth-order valence-electron chi connectivity index (χ4n) is 3.47. The molecule has 0 spiro atoms. The van der Waals surface area contributed by atoms with Crippen LogP contribution < -0.4 is 10.6 Å². The lowest BCUT2D eigenvalue weighted by Crippen LogP contribution is -2.33. The molecule has 0 unspecified atom stereocenters. The molecule has 2 amide bonds. The van der Waals surface area contributed by atoms with E-state index in [1.165, 1.54) is 16.2 Å². The Hall–Kier alpha value is -1.89. The maximum atomic E-state index is 12.7. The summed E-state index contributed by atoms with van der Waals surface area (Å²) in [6, 6.07) is 0.227. The van der Waals surface area contributed by atoms with Gasteiger partial charge in [0.2, 0.25) is 5.91 Å². The Labute approximate surface area is 144 Å². The van der Waals surface area contributed by atoms with Crippen LogP contribution in [0, 0.1) is 0 Å². The van der Waals surface area contributed by atoms with Crippen LogP contribution in [0.15, 0.2) is 0 Å². The van der Waals surface area contributed by atoms with Crippen LogP contribution in [-0.2, 0) is 22.4 Å². The highest BCUT2D eigenvalue weighted by molar-refractivity contribution is 7.17. The molecule has 7 heteroatoms. The summed E-state index contributed by atoms with van der Waals surface area (Å²) in [6.07, 6.45) is 6.87. The highest BCUT2D eigenvalue weighted by Gasteiger charge is 2.29. The van der Waals surface area contributed by atoms with E-state index in [0.717, 1.165) is 50.5 Å². The molecule has 1 aromatic heterocycles. The minimum absolute atomic E-state index is 0.0818. The molecular weight excluding hydrogens is 328 g/mol. The van der Waals surface area contributed by atoms with Crippen LogP contribution in [0.1, 0.15) is 65.7 Å². The number of carbonyl (C=O) groups is 3. The topological polar surface area (TPSA) is 95.5 Å².